The van der Waals surface area contributed by atoms with Gasteiger partial charge >= 0.3 is 6.09 Å². The Kier molecular flexibility index (Phi) is 5.22. The molecule has 1 unspecified atom stereocenters. The van der Waals surface area contributed by atoms with E-state index in [2.05, 4.69) is 0 Å². The summed E-state index contributed by atoms with van der Waals surface area (Å²) in [5.74, 6) is 0.758. The van der Waals surface area contributed by atoms with Gasteiger partial charge < -0.3 is 14.4 Å². The molecular formula is C23H20ClNO3. The van der Waals surface area contributed by atoms with Crippen LogP contribution in [0.15, 0.2) is 72.8 Å². The molecule has 142 valence electrons. The number of nitrogens with zero attached hydrogens (tertiary/aromatic N) is 1. The minimum absolute atomic E-state index is 0.408. The molecule has 0 N–H and O–H groups in total. The molecule has 1 aliphatic rings. The molecular weight excluding hydrogens is 374 g/mol. The molecule has 0 spiro atoms. The zero-order valence-corrected chi connectivity index (χ0v) is 16.2. The molecule has 28 heavy (non-hydrogen) atoms. The Balaban J connectivity index is 1.44. The lowest BCUT2D eigenvalue weighted by molar-refractivity contribution is -0.0301. The summed E-state index contributed by atoms with van der Waals surface area (Å²) in [4.78, 5) is 14.0. The summed E-state index contributed by atoms with van der Waals surface area (Å²) < 4.78 is 11.6. The Labute approximate surface area is 169 Å². The van der Waals surface area contributed by atoms with Crippen molar-refractivity contribution >= 4 is 17.7 Å². The number of carbonyl (C=O) groups is 1. The van der Waals surface area contributed by atoms with Crippen LogP contribution in [0.1, 0.15) is 11.1 Å². The smallest absolute Gasteiger partial charge is 0.412 e. The van der Waals surface area contributed by atoms with Crippen molar-refractivity contribution in [2.75, 3.05) is 7.05 Å². The number of benzene rings is 3. The fourth-order valence-corrected chi connectivity index (χ4v) is 3.41. The molecule has 5 heteroatoms. The van der Waals surface area contributed by atoms with Crippen molar-refractivity contribution in [3.63, 3.8) is 0 Å². The van der Waals surface area contributed by atoms with Crippen LogP contribution < -0.4 is 4.74 Å². The van der Waals surface area contributed by atoms with Crippen LogP contribution in [0.3, 0.4) is 0 Å². The van der Waals surface area contributed by atoms with E-state index >= 15 is 0 Å². The van der Waals surface area contributed by atoms with Gasteiger partial charge in [0.25, 0.3) is 0 Å². The topological polar surface area (TPSA) is 38.8 Å². The zero-order valence-electron chi connectivity index (χ0n) is 15.5. The van der Waals surface area contributed by atoms with Gasteiger partial charge in [0, 0.05) is 29.7 Å². The molecule has 0 saturated carbocycles. The minimum Gasteiger partial charge on any atom is -0.453 e. The van der Waals surface area contributed by atoms with Crippen LogP contribution in [-0.4, -0.2) is 24.3 Å². The second-order valence-electron chi connectivity index (χ2n) is 6.78. The van der Waals surface area contributed by atoms with Gasteiger partial charge in [0.05, 0.1) is 6.42 Å². The molecule has 1 heterocycles. The van der Waals surface area contributed by atoms with Gasteiger partial charge in [0.15, 0.2) is 0 Å². The van der Waals surface area contributed by atoms with Crippen LogP contribution in [-0.2, 0) is 17.7 Å². The molecule has 3 aromatic rings. The fourth-order valence-electron chi connectivity index (χ4n) is 3.28. The lowest BCUT2D eigenvalue weighted by atomic mass is 10.0. The van der Waals surface area contributed by atoms with Crippen LogP contribution in [0.25, 0.3) is 11.1 Å². The first-order valence-corrected chi connectivity index (χ1v) is 9.48. The molecule has 0 bridgehead atoms. The average molecular weight is 394 g/mol. The van der Waals surface area contributed by atoms with Gasteiger partial charge in [-0.15, -0.1) is 0 Å². The van der Waals surface area contributed by atoms with E-state index in [4.69, 9.17) is 21.1 Å². The Morgan fingerprint density at radius 1 is 1.07 bits per heavy atom. The van der Waals surface area contributed by atoms with Gasteiger partial charge in [-0.05, 0) is 23.3 Å². The van der Waals surface area contributed by atoms with Gasteiger partial charge in [0.1, 0.15) is 5.75 Å². The Morgan fingerprint density at radius 2 is 1.82 bits per heavy atom. The standard InChI is InChI=1S/C23H20ClNO3/c1-25(15-16-6-3-2-4-7-16)23(26)28-21-14-18-8-5-9-20(22(18)27-21)17-10-12-19(24)13-11-17/h2-13,21H,14-15H2,1H3. The summed E-state index contributed by atoms with van der Waals surface area (Å²) in [5, 5.41) is 0.686. The van der Waals surface area contributed by atoms with Gasteiger partial charge in [-0.2, -0.15) is 0 Å². The van der Waals surface area contributed by atoms with E-state index < -0.39 is 12.4 Å². The van der Waals surface area contributed by atoms with Crippen molar-refractivity contribution in [1.29, 1.82) is 0 Å². The normalized spacial score (nSPS) is 14.9. The van der Waals surface area contributed by atoms with E-state index in [1.807, 2.05) is 72.8 Å². The van der Waals surface area contributed by atoms with Gasteiger partial charge in [0.2, 0.25) is 6.29 Å². The van der Waals surface area contributed by atoms with Crippen LogP contribution in [0.4, 0.5) is 4.79 Å². The highest BCUT2D eigenvalue weighted by Gasteiger charge is 2.29. The van der Waals surface area contributed by atoms with Crippen molar-refractivity contribution in [3.05, 3.63) is 88.9 Å². The monoisotopic (exact) mass is 393 g/mol. The first-order valence-electron chi connectivity index (χ1n) is 9.10. The van der Waals surface area contributed by atoms with Crippen LogP contribution >= 0.6 is 11.6 Å². The Morgan fingerprint density at radius 3 is 2.57 bits per heavy atom. The maximum atomic E-state index is 12.5. The molecule has 1 amide bonds. The molecule has 3 aromatic carbocycles. The number of hydrogen-bond donors (Lipinski definition) is 0. The summed E-state index contributed by atoms with van der Waals surface area (Å²) in [6.07, 6.45) is -0.509. The predicted octanol–water partition coefficient (Wildman–Crippen LogP) is 5.54. The number of halogens is 1. The summed E-state index contributed by atoms with van der Waals surface area (Å²) in [6.45, 7) is 0.482. The highest BCUT2D eigenvalue weighted by molar-refractivity contribution is 6.30. The Bertz CT molecular complexity index is 973. The summed E-state index contributed by atoms with van der Waals surface area (Å²) in [7, 11) is 1.72. The zero-order chi connectivity index (χ0) is 19.5. The van der Waals surface area contributed by atoms with Crippen molar-refractivity contribution in [2.24, 2.45) is 0 Å². The second kappa shape index (κ2) is 7.95. The number of ether oxygens (including phenoxy) is 2. The van der Waals surface area contributed by atoms with E-state index in [0.717, 1.165) is 28.0 Å². The van der Waals surface area contributed by atoms with Crippen molar-refractivity contribution in [3.8, 4) is 16.9 Å². The number of hydrogen-bond acceptors (Lipinski definition) is 3. The van der Waals surface area contributed by atoms with Gasteiger partial charge in [-0.3, -0.25) is 0 Å². The number of carbonyl (C=O) groups excluding carboxylic acids is 1. The number of amides is 1. The average Bonchev–Trinajstić information content (AvgIpc) is 3.12. The minimum atomic E-state index is -0.630. The first-order chi connectivity index (χ1) is 13.6. The van der Waals surface area contributed by atoms with Gasteiger partial charge in [-0.1, -0.05) is 72.3 Å². The molecule has 0 saturated heterocycles. The van der Waals surface area contributed by atoms with E-state index in [1.54, 1.807) is 11.9 Å². The molecule has 1 atom stereocenters. The van der Waals surface area contributed by atoms with E-state index in [1.165, 1.54) is 0 Å². The summed E-state index contributed by atoms with van der Waals surface area (Å²) in [6, 6.07) is 23.4. The quantitative estimate of drug-likeness (QED) is 0.584. The third-order valence-electron chi connectivity index (χ3n) is 4.69. The maximum Gasteiger partial charge on any atom is 0.412 e. The Hall–Kier alpha value is -2.98. The predicted molar refractivity (Wildman–Crippen MR) is 109 cm³/mol. The number of rotatable bonds is 4. The van der Waals surface area contributed by atoms with E-state index in [9.17, 15) is 4.79 Å². The summed E-state index contributed by atoms with van der Waals surface area (Å²) >= 11 is 5.99. The van der Waals surface area contributed by atoms with Crippen molar-refractivity contribution < 1.29 is 14.3 Å². The lowest BCUT2D eigenvalue weighted by Gasteiger charge is -2.20. The molecule has 4 nitrogen and oxygen atoms in total. The summed E-state index contributed by atoms with van der Waals surface area (Å²) in [5.41, 5.74) is 4.04. The first kappa shape index (κ1) is 18.4. The molecule has 0 aliphatic carbocycles. The van der Waals surface area contributed by atoms with Crippen molar-refractivity contribution in [1.82, 2.24) is 4.90 Å². The molecule has 1 aliphatic heterocycles. The number of para-hydroxylation sites is 1. The van der Waals surface area contributed by atoms with E-state index in [-0.39, 0.29) is 0 Å². The highest BCUT2D eigenvalue weighted by atomic mass is 35.5. The third kappa shape index (κ3) is 3.97. The number of fused-ring (bicyclic) bond motifs is 1. The van der Waals surface area contributed by atoms with E-state index in [0.29, 0.717) is 18.0 Å². The lowest BCUT2D eigenvalue weighted by Crippen LogP contribution is -2.32. The maximum absolute atomic E-state index is 12.5. The molecule has 0 aromatic heterocycles. The van der Waals surface area contributed by atoms with Crippen LogP contribution in [0.5, 0.6) is 5.75 Å². The highest BCUT2D eigenvalue weighted by Crippen LogP contribution is 2.39. The second-order valence-corrected chi connectivity index (χ2v) is 7.21. The molecule has 0 radical (unpaired) electrons. The SMILES string of the molecule is CN(Cc1ccccc1)C(=O)OC1Cc2cccc(-c3ccc(Cl)cc3)c2O1. The molecule has 0 fully saturated rings. The molecule has 4 rings (SSSR count). The van der Waals surface area contributed by atoms with Crippen LogP contribution in [0, 0.1) is 0 Å². The fraction of sp³-hybridized carbons (Fsp3) is 0.174. The third-order valence-corrected chi connectivity index (χ3v) is 4.95. The van der Waals surface area contributed by atoms with Crippen molar-refractivity contribution in [2.45, 2.75) is 19.3 Å². The van der Waals surface area contributed by atoms with Crippen LogP contribution in [0.2, 0.25) is 5.02 Å². The van der Waals surface area contributed by atoms with Gasteiger partial charge in [-0.25, -0.2) is 4.79 Å². The largest absolute Gasteiger partial charge is 0.453 e.